The van der Waals surface area contributed by atoms with Crippen molar-refractivity contribution in [1.82, 2.24) is 5.32 Å². The zero-order valence-corrected chi connectivity index (χ0v) is 14.5. The van der Waals surface area contributed by atoms with Gasteiger partial charge in [0, 0.05) is 6.54 Å². The summed E-state index contributed by atoms with van der Waals surface area (Å²) in [6.07, 6.45) is 0.0630. The van der Waals surface area contributed by atoms with Crippen molar-refractivity contribution in [2.75, 3.05) is 27.3 Å². The number of ether oxygens (including phenoxy) is 2. The molecule has 24 heavy (non-hydrogen) atoms. The number of aliphatic hydroxyl groups is 1. The number of methoxy groups -OCH3 is 2. The van der Waals surface area contributed by atoms with Gasteiger partial charge < -0.3 is 25.0 Å². The molecule has 1 atom stereocenters. The Morgan fingerprint density at radius 3 is 2.42 bits per heavy atom. The number of rotatable bonds is 8. The average molecular weight is 352 g/mol. The predicted molar refractivity (Wildman–Crippen MR) is 94.2 cm³/mol. The summed E-state index contributed by atoms with van der Waals surface area (Å²) >= 11 is 6.34. The number of aromatic hydroxyl groups is 1. The maximum Gasteiger partial charge on any atom is 0.179 e. The second kappa shape index (κ2) is 8.78. The predicted octanol–water partition coefficient (Wildman–Crippen LogP) is 2.93. The van der Waals surface area contributed by atoms with Crippen LogP contribution in [0.1, 0.15) is 17.2 Å². The normalized spacial score (nSPS) is 12.0. The maximum absolute atomic E-state index is 10.1. The number of phenolic OH excluding ortho intramolecular Hbond substituents is 1. The molecule has 0 radical (unpaired) electrons. The van der Waals surface area contributed by atoms with Crippen LogP contribution < -0.4 is 14.8 Å². The number of hydrogen-bond donors (Lipinski definition) is 3. The zero-order chi connectivity index (χ0) is 17.5. The van der Waals surface area contributed by atoms with E-state index in [-0.39, 0.29) is 5.75 Å². The van der Waals surface area contributed by atoms with E-state index in [4.69, 9.17) is 21.1 Å². The summed E-state index contributed by atoms with van der Waals surface area (Å²) in [4.78, 5) is 0. The van der Waals surface area contributed by atoms with Crippen molar-refractivity contribution >= 4 is 11.6 Å². The molecule has 0 saturated heterocycles. The SMILES string of the molecule is COc1ccc(CCNCC(O)c2ccc(O)cc2)c(Cl)c1OC. The van der Waals surface area contributed by atoms with Crippen molar-refractivity contribution in [3.05, 3.63) is 52.5 Å². The van der Waals surface area contributed by atoms with Gasteiger partial charge >= 0.3 is 0 Å². The first kappa shape index (κ1) is 18.4. The van der Waals surface area contributed by atoms with Gasteiger partial charge in [0.15, 0.2) is 11.5 Å². The van der Waals surface area contributed by atoms with E-state index in [2.05, 4.69) is 5.32 Å². The van der Waals surface area contributed by atoms with Gasteiger partial charge in [-0.1, -0.05) is 29.8 Å². The first-order valence-corrected chi connectivity index (χ1v) is 8.01. The minimum absolute atomic E-state index is 0.182. The Labute approximate surface area is 146 Å². The molecule has 0 aliphatic rings. The van der Waals surface area contributed by atoms with E-state index < -0.39 is 6.10 Å². The minimum Gasteiger partial charge on any atom is -0.508 e. The molecule has 6 heteroatoms. The van der Waals surface area contributed by atoms with Crippen LogP contribution in [-0.2, 0) is 6.42 Å². The average Bonchev–Trinajstić information content (AvgIpc) is 2.59. The third kappa shape index (κ3) is 4.54. The van der Waals surface area contributed by atoms with E-state index in [1.807, 2.05) is 12.1 Å². The molecule has 1 unspecified atom stereocenters. The quantitative estimate of drug-likeness (QED) is 0.638. The van der Waals surface area contributed by atoms with Crippen LogP contribution in [0.4, 0.5) is 0 Å². The molecule has 5 nitrogen and oxygen atoms in total. The third-order valence-corrected chi connectivity index (χ3v) is 4.17. The van der Waals surface area contributed by atoms with Gasteiger partial charge in [-0.05, 0) is 42.3 Å². The summed E-state index contributed by atoms with van der Waals surface area (Å²) in [5.41, 5.74) is 1.70. The lowest BCUT2D eigenvalue weighted by Gasteiger charge is -2.14. The number of aliphatic hydroxyl groups excluding tert-OH is 1. The molecule has 130 valence electrons. The van der Waals surface area contributed by atoms with Crippen LogP contribution in [0.15, 0.2) is 36.4 Å². The molecule has 0 saturated carbocycles. The van der Waals surface area contributed by atoms with E-state index in [0.717, 1.165) is 11.1 Å². The smallest absolute Gasteiger partial charge is 0.179 e. The van der Waals surface area contributed by atoms with Crippen molar-refractivity contribution in [2.24, 2.45) is 0 Å². The lowest BCUT2D eigenvalue weighted by atomic mass is 10.1. The Balaban J connectivity index is 1.87. The molecule has 0 amide bonds. The Morgan fingerprint density at radius 2 is 1.79 bits per heavy atom. The van der Waals surface area contributed by atoms with E-state index in [0.29, 0.717) is 36.0 Å². The lowest BCUT2D eigenvalue weighted by Crippen LogP contribution is -2.23. The van der Waals surface area contributed by atoms with Gasteiger partial charge in [-0.15, -0.1) is 0 Å². The van der Waals surface area contributed by atoms with Crippen molar-refractivity contribution in [3.8, 4) is 17.2 Å². The Kier molecular flexibility index (Phi) is 6.73. The third-order valence-electron chi connectivity index (χ3n) is 3.75. The highest BCUT2D eigenvalue weighted by atomic mass is 35.5. The number of nitrogens with one attached hydrogen (secondary N) is 1. The molecule has 3 N–H and O–H groups in total. The standard InChI is InChI=1S/C18H22ClNO4/c1-23-16-8-5-13(17(19)18(16)24-2)9-10-20-11-15(22)12-3-6-14(21)7-4-12/h3-8,15,20-22H,9-11H2,1-2H3. The van der Waals surface area contributed by atoms with Gasteiger partial charge in [0.1, 0.15) is 5.75 Å². The van der Waals surface area contributed by atoms with Gasteiger partial charge in [-0.2, -0.15) is 0 Å². The second-order valence-corrected chi connectivity index (χ2v) is 5.71. The van der Waals surface area contributed by atoms with Crippen LogP contribution in [-0.4, -0.2) is 37.5 Å². The number of phenols is 1. The molecule has 2 rings (SSSR count). The van der Waals surface area contributed by atoms with Crippen molar-refractivity contribution in [3.63, 3.8) is 0 Å². The molecule has 0 fully saturated rings. The monoisotopic (exact) mass is 351 g/mol. The van der Waals surface area contributed by atoms with Crippen molar-refractivity contribution < 1.29 is 19.7 Å². The minimum atomic E-state index is -0.633. The zero-order valence-electron chi connectivity index (χ0n) is 13.8. The first-order chi connectivity index (χ1) is 11.6. The number of hydrogen-bond acceptors (Lipinski definition) is 5. The van der Waals surface area contributed by atoms with E-state index in [1.54, 1.807) is 38.5 Å². The van der Waals surface area contributed by atoms with E-state index >= 15 is 0 Å². The van der Waals surface area contributed by atoms with Crippen LogP contribution in [0.25, 0.3) is 0 Å². The molecule has 0 bridgehead atoms. The fourth-order valence-corrected chi connectivity index (χ4v) is 2.73. The van der Waals surface area contributed by atoms with Crippen LogP contribution in [0.2, 0.25) is 5.02 Å². The largest absolute Gasteiger partial charge is 0.508 e. The summed E-state index contributed by atoms with van der Waals surface area (Å²) in [6.45, 7) is 1.07. The molecule has 0 aromatic heterocycles. The van der Waals surface area contributed by atoms with Gasteiger partial charge in [-0.25, -0.2) is 0 Å². The van der Waals surface area contributed by atoms with Gasteiger partial charge in [0.05, 0.1) is 25.3 Å². The van der Waals surface area contributed by atoms with Gasteiger partial charge in [0.2, 0.25) is 0 Å². The number of halogens is 1. The van der Waals surface area contributed by atoms with Crippen LogP contribution in [0.5, 0.6) is 17.2 Å². The second-order valence-electron chi connectivity index (χ2n) is 5.34. The van der Waals surface area contributed by atoms with Gasteiger partial charge in [-0.3, -0.25) is 0 Å². The highest BCUT2D eigenvalue weighted by Gasteiger charge is 2.13. The first-order valence-electron chi connectivity index (χ1n) is 7.64. The molecule has 0 aliphatic carbocycles. The molecule has 2 aromatic rings. The van der Waals surface area contributed by atoms with Crippen LogP contribution >= 0.6 is 11.6 Å². The highest BCUT2D eigenvalue weighted by molar-refractivity contribution is 6.33. The fraction of sp³-hybridized carbons (Fsp3) is 0.333. The van der Waals surface area contributed by atoms with Crippen molar-refractivity contribution in [1.29, 1.82) is 0 Å². The molecular weight excluding hydrogens is 330 g/mol. The summed E-state index contributed by atoms with van der Waals surface area (Å²) < 4.78 is 10.5. The molecule has 2 aromatic carbocycles. The Hall–Kier alpha value is -1.95. The van der Waals surface area contributed by atoms with Crippen LogP contribution in [0, 0.1) is 0 Å². The highest BCUT2D eigenvalue weighted by Crippen LogP contribution is 2.37. The molecule has 0 aliphatic heterocycles. The molecule has 0 spiro atoms. The number of benzene rings is 2. The molecular formula is C18H22ClNO4. The summed E-state index contributed by atoms with van der Waals surface area (Å²) in [7, 11) is 3.12. The Morgan fingerprint density at radius 1 is 1.08 bits per heavy atom. The van der Waals surface area contributed by atoms with Gasteiger partial charge in [0.25, 0.3) is 0 Å². The fourth-order valence-electron chi connectivity index (χ4n) is 2.40. The molecule has 0 heterocycles. The lowest BCUT2D eigenvalue weighted by molar-refractivity contribution is 0.175. The van der Waals surface area contributed by atoms with E-state index in [1.165, 1.54) is 0 Å². The van der Waals surface area contributed by atoms with Crippen molar-refractivity contribution in [2.45, 2.75) is 12.5 Å². The summed E-state index contributed by atoms with van der Waals surface area (Å²) in [5, 5.41) is 23.1. The summed E-state index contributed by atoms with van der Waals surface area (Å²) in [5.74, 6) is 1.31. The topological polar surface area (TPSA) is 71.0 Å². The maximum atomic E-state index is 10.1. The Bertz CT molecular complexity index is 661. The van der Waals surface area contributed by atoms with Crippen LogP contribution in [0.3, 0.4) is 0 Å². The summed E-state index contributed by atoms with van der Waals surface area (Å²) in [6, 6.07) is 10.2. The van der Waals surface area contributed by atoms with E-state index in [9.17, 15) is 10.2 Å².